The average molecular weight is 439 g/mol. The summed E-state index contributed by atoms with van der Waals surface area (Å²) in [6.45, 7) is 0. The molecule has 0 amide bonds. The second-order valence-corrected chi connectivity index (χ2v) is 9.72. The van der Waals surface area contributed by atoms with Crippen LogP contribution in [-0.2, 0) is 18.9 Å². The van der Waals surface area contributed by atoms with Crippen LogP contribution in [0.4, 0.5) is 0 Å². The van der Waals surface area contributed by atoms with E-state index in [4.69, 9.17) is 18.9 Å². The molecule has 0 aromatic carbocycles. The SMILES string of the molecule is C1=C(OC2=CCCC(OC3=CCCC3)(OC3=CCCCC3)C2OC2=CCCCC2)CCC1. The zero-order chi connectivity index (χ0) is 21.6. The summed E-state index contributed by atoms with van der Waals surface area (Å²) in [6.07, 6.45) is 27.8. The Hall–Kier alpha value is -2.10. The second-order valence-electron chi connectivity index (χ2n) is 9.72. The number of allylic oxidation sites excluding steroid dienone is 9. The van der Waals surface area contributed by atoms with Crippen molar-refractivity contribution in [2.75, 3.05) is 0 Å². The third kappa shape index (κ3) is 5.10. The molecule has 0 fully saturated rings. The van der Waals surface area contributed by atoms with Gasteiger partial charge >= 0.3 is 0 Å². The summed E-state index contributed by atoms with van der Waals surface area (Å²) in [7, 11) is 0. The van der Waals surface area contributed by atoms with Gasteiger partial charge in [0.05, 0.1) is 23.0 Å². The smallest absolute Gasteiger partial charge is 0.294 e. The number of rotatable bonds is 8. The van der Waals surface area contributed by atoms with Crippen LogP contribution in [0.25, 0.3) is 0 Å². The molecule has 0 aromatic rings. The Morgan fingerprint density at radius 3 is 1.72 bits per heavy atom. The predicted octanol–water partition coefficient (Wildman–Crippen LogP) is 7.85. The Bertz CT molecular complexity index is 830. The van der Waals surface area contributed by atoms with Crippen molar-refractivity contribution >= 4 is 0 Å². The lowest BCUT2D eigenvalue weighted by atomic mass is 9.93. The minimum atomic E-state index is -0.874. The molecule has 174 valence electrons. The molecule has 0 spiro atoms. The van der Waals surface area contributed by atoms with E-state index in [0.29, 0.717) is 0 Å². The summed E-state index contributed by atoms with van der Waals surface area (Å²) in [5.41, 5.74) is 0. The highest BCUT2D eigenvalue weighted by Crippen LogP contribution is 2.44. The van der Waals surface area contributed by atoms with Crippen LogP contribution in [0.1, 0.15) is 103 Å². The molecular weight excluding hydrogens is 400 g/mol. The zero-order valence-corrected chi connectivity index (χ0v) is 19.4. The predicted molar refractivity (Wildman–Crippen MR) is 125 cm³/mol. The minimum absolute atomic E-state index is 0.397. The fourth-order valence-electron chi connectivity index (χ4n) is 5.38. The van der Waals surface area contributed by atoms with Gasteiger partial charge in [-0.2, -0.15) is 0 Å². The quantitative estimate of drug-likeness (QED) is 0.362. The third-order valence-corrected chi connectivity index (χ3v) is 7.12. The Morgan fingerprint density at radius 1 is 0.562 bits per heavy atom. The van der Waals surface area contributed by atoms with Gasteiger partial charge in [0, 0.05) is 32.1 Å². The molecule has 0 aliphatic heterocycles. The van der Waals surface area contributed by atoms with E-state index in [0.717, 1.165) is 106 Å². The van der Waals surface area contributed by atoms with Gasteiger partial charge in [0.25, 0.3) is 5.79 Å². The van der Waals surface area contributed by atoms with Crippen LogP contribution in [0.5, 0.6) is 0 Å². The van der Waals surface area contributed by atoms with Crippen LogP contribution in [-0.4, -0.2) is 11.9 Å². The molecule has 32 heavy (non-hydrogen) atoms. The minimum Gasteiger partial charge on any atom is -0.479 e. The van der Waals surface area contributed by atoms with Crippen molar-refractivity contribution in [3.05, 3.63) is 59.2 Å². The standard InChI is InChI=1S/C28H38O4/c1-3-12-23(13-4-1)30-27-26(29-22-14-7-8-15-22)20-11-21-28(27,32-25-18-9-10-19-25)31-24-16-5-2-6-17-24/h12,14,16,18,20,27H,1-11,13,15,17,19,21H2. The highest BCUT2D eigenvalue weighted by molar-refractivity contribution is 5.20. The lowest BCUT2D eigenvalue weighted by molar-refractivity contribution is -0.257. The van der Waals surface area contributed by atoms with Gasteiger partial charge < -0.3 is 18.9 Å². The summed E-state index contributed by atoms with van der Waals surface area (Å²) >= 11 is 0. The fourth-order valence-corrected chi connectivity index (χ4v) is 5.38. The van der Waals surface area contributed by atoms with E-state index < -0.39 is 11.9 Å². The molecule has 2 unspecified atom stereocenters. The van der Waals surface area contributed by atoms with Crippen LogP contribution >= 0.6 is 0 Å². The molecule has 2 atom stereocenters. The highest BCUT2D eigenvalue weighted by atomic mass is 16.7. The molecule has 0 saturated heterocycles. The van der Waals surface area contributed by atoms with Gasteiger partial charge in [-0.05, 0) is 101 Å². The van der Waals surface area contributed by atoms with Crippen molar-refractivity contribution in [3.8, 4) is 0 Å². The zero-order valence-electron chi connectivity index (χ0n) is 19.4. The van der Waals surface area contributed by atoms with Crippen LogP contribution in [0.3, 0.4) is 0 Å². The summed E-state index contributed by atoms with van der Waals surface area (Å²) in [6, 6.07) is 0. The maximum Gasteiger partial charge on any atom is 0.294 e. The van der Waals surface area contributed by atoms with E-state index in [-0.39, 0.29) is 0 Å². The molecule has 0 bridgehead atoms. The van der Waals surface area contributed by atoms with Crippen molar-refractivity contribution in [2.45, 2.75) is 115 Å². The van der Waals surface area contributed by atoms with Crippen molar-refractivity contribution < 1.29 is 18.9 Å². The van der Waals surface area contributed by atoms with Crippen molar-refractivity contribution in [1.82, 2.24) is 0 Å². The third-order valence-electron chi connectivity index (χ3n) is 7.12. The van der Waals surface area contributed by atoms with Crippen LogP contribution in [0.15, 0.2) is 59.2 Å². The van der Waals surface area contributed by atoms with Gasteiger partial charge in [0.2, 0.25) is 6.10 Å². The van der Waals surface area contributed by atoms with Gasteiger partial charge in [-0.3, -0.25) is 0 Å². The lowest BCUT2D eigenvalue weighted by Crippen LogP contribution is -2.51. The second kappa shape index (κ2) is 10.2. The largest absolute Gasteiger partial charge is 0.479 e. The fraction of sp³-hybridized carbons (Fsp3) is 0.643. The summed E-state index contributed by atoms with van der Waals surface area (Å²) in [5.74, 6) is 4.23. The Labute approximate surface area is 193 Å². The molecule has 0 aromatic heterocycles. The lowest BCUT2D eigenvalue weighted by Gasteiger charge is -2.44. The van der Waals surface area contributed by atoms with E-state index in [1.165, 1.54) is 25.7 Å². The van der Waals surface area contributed by atoms with E-state index >= 15 is 0 Å². The Kier molecular flexibility index (Phi) is 6.95. The Balaban J connectivity index is 1.48. The first-order valence-corrected chi connectivity index (χ1v) is 13.0. The summed E-state index contributed by atoms with van der Waals surface area (Å²) in [5, 5.41) is 0. The summed E-state index contributed by atoms with van der Waals surface area (Å²) in [4.78, 5) is 0. The van der Waals surface area contributed by atoms with E-state index in [2.05, 4.69) is 30.4 Å². The van der Waals surface area contributed by atoms with Crippen LogP contribution in [0.2, 0.25) is 0 Å². The first kappa shape index (κ1) is 21.7. The topological polar surface area (TPSA) is 36.9 Å². The van der Waals surface area contributed by atoms with E-state index in [1.54, 1.807) is 0 Å². The molecule has 0 N–H and O–H groups in total. The maximum absolute atomic E-state index is 6.84. The monoisotopic (exact) mass is 438 g/mol. The van der Waals surface area contributed by atoms with Gasteiger partial charge in [-0.25, -0.2) is 0 Å². The van der Waals surface area contributed by atoms with E-state index in [9.17, 15) is 0 Å². The normalized spacial score (nSPS) is 30.5. The number of hydrogen-bond donors (Lipinski definition) is 0. The van der Waals surface area contributed by atoms with Gasteiger partial charge in [-0.15, -0.1) is 0 Å². The molecule has 0 heterocycles. The van der Waals surface area contributed by atoms with Gasteiger partial charge in [-0.1, -0.05) is 0 Å². The van der Waals surface area contributed by atoms with Crippen LogP contribution in [0, 0.1) is 0 Å². The molecule has 5 aliphatic carbocycles. The number of ether oxygens (including phenoxy) is 4. The van der Waals surface area contributed by atoms with E-state index in [1.807, 2.05) is 0 Å². The average Bonchev–Trinajstić information content (AvgIpc) is 3.52. The molecule has 0 saturated carbocycles. The van der Waals surface area contributed by atoms with Gasteiger partial charge in [0.1, 0.15) is 5.76 Å². The molecule has 0 radical (unpaired) electrons. The van der Waals surface area contributed by atoms with Gasteiger partial charge in [0.15, 0.2) is 0 Å². The van der Waals surface area contributed by atoms with Crippen molar-refractivity contribution in [2.24, 2.45) is 0 Å². The number of hydrogen-bond acceptors (Lipinski definition) is 4. The summed E-state index contributed by atoms with van der Waals surface area (Å²) < 4.78 is 26.9. The molecule has 4 nitrogen and oxygen atoms in total. The first-order valence-electron chi connectivity index (χ1n) is 13.0. The molecular formula is C28H38O4. The highest BCUT2D eigenvalue weighted by Gasteiger charge is 2.52. The molecule has 5 aliphatic rings. The maximum atomic E-state index is 6.84. The van der Waals surface area contributed by atoms with Crippen molar-refractivity contribution in [3.63, 3.8) is 0 Å². The van der Waals surface area contributed by atoms with Crippen molar-refractivity contribution in [1.29, 1.82) is 0 Å². The Morgan fingerprint density at radius 2 is 1.12 bits per heavy atom. The molecule has 5 rings (SSSR count). The first-order chi connectivity index (χ1) is 15.8. The van der Waals surface area contributed by atoms with Crippen LogP contribution < -0.4 is 0 Å². The molecule has 4 heteroatoms.